The first-order valence-electron chi connectivity index (χ1n) is 7.23. The number of nitro groups is 2. The summed E-state index contributed by atoms with van der Waals surface area (Å²) < 4.78 is 0.514. The van der Waals surface area contributed by atoms with Crippen LogP contribution in [-0.2, 0) is 6.42 Å². The molecule has 0 aliphatic rings. The Bertz CT molecular complexity index is 929. The second-order valence-electron chi connectivity index (χ2n) is 4.90. The molecule has 0 saturated carbocycles. The molecule has 2 aromatic heterocycles. The number of thiophene rings is 1. The highest BCUT2D eigenvalue weighted by atomic mass is 32.2. The van der Waals surface area contributed by atoms with E-state index in [4.69, 9.17) is 0 Å². The Labute approximate surface area is 159 Å². The number of non-ortho nitro benzene ring substituents is 1. The van der Waals surface area contributed by atoms with Gasteiger partial charge in [0.25, 0.3) is 11.4 Å². The maximum absolute atomic E-state index is 11.2. The van der Waals surface area contributed by atoms with E-state index in [1.54, 1.807) is 11.3 Å². The number of hydrogen-bond donors (Lipinski definition) is 1. The topological polar surface area (TPSA) is 124 Å². The summed E-state index contributed by atoms with van der Waals surface area (Å²) in [5.74, 6) is 0. The Balaban J connectivity index is 1.66. The second kappa shape index (κ2) is 8.21. The first kappa shape index (κ1) is 18.2. The van der Waals surface area contributed by atoms with E-state index in [9.17, 15) is 20.2 Å². The fraction of sp³-hybridized carbons (Fsp3) is 0.143. The molecule has 0 saturated heterocycles. The highest BCUT2D eigenvalue weighted by Crippen LogP contribution is 2.38. The highest BCUT2D eigenvalue weighted by molar-refractivity contribution is 8.01. The van der Waals surface area contributed by atoms with E-state index in [1.165, 1.54) is 28.3 Å². The summed E-state index contributed by atoms with van der Waals surface area (Å²) in [6.07, 6.45) is 0.869. The lowest BCUT2D eigenvalue weighted by Gasteiger charge is -2.00. The molecule has 3 aromatic rings. The van der Waals surface area contributed by atoms with Gasteiger partial charge in [0, 0.05) is 17.5 Å². The summed E-state index contributed by atoms with van der Waals surface area (Å²) in [6, 6.07) is 7.59. The molecule has 0 bridgehead atoms. The molecule has 26 heavy (non-hydrogen) atoms. The van der Waals surface area contributed by atoms with Gasteiger partial charge in [-0.2, -0.15) is 0 Å². The van der Waals surface area contributed by atoms with Crippen LogP contribution in [0.2, 0.25) is 0 Å². The van der Waals surface area contributed by atoms with Gasteiger partial charge in [0.1, 0.15) is 0 Å². The average molecular weight is 409 g/mol. The summed E-state index contributed by atoms with van der Waals surface area (Å²) in [6.45, 7) is 0.706. The number of anilines is 1. The van der Waals surface area contributed by atoms with Crippen LogP contribution in [0.4, 0.5) is 16.5 Å². The van der Waals surface area contributed by atoms with Crippen molar-refractivity contribution < 1.29 is 9.85 Å². The SMILES string of the molecule is O=[N+]([O-])c1ccc(Sc2nnc(NCCc3cccs3)s2)c([N+](=O)[O-])c1. The van der Waals surface area contributed by atoms with Crippen molar-refractivity contribution >= 4 is 50.9 Å². The number of nitrogens with one attached hydrogen (secondary N) is 1. The summed E-state index contributed by atoms with van der Waals surface area (Å²) in [5.41, 5.74) is -0.652. The van der Waals surface area contributed by atoms with Crippen LogP contribution in [0.25, 0.3) is 0 Å². The third-order valence-corrected chi connectivity index (χ3v) is 6.11. The normalized spacial score (nSPS) is 10.6. The molecule has 12 heteroatoms. The molecule has 0 unspecified atom stereocenters. The van der Waals surface area contributed by atoms with Gasteiger partial charge < -0.3 is 5.32 Å². The molecule has 2 heterocycles. The lowest BCUT2D eigenvalue weighted by atomic mass is 10.3. The van der Waals surface area contributed by atoms with Crippen molar-refractivity contribution in [2.45, 2.75) is 15.7 Å². The minimum atomic E-state index is -0.665. The van der Waals surface area contributed by atoms with Crippen LogP contribution in [0.15, 0.2) is 44.9 Å². The van der Waals surface area contributed by atoms with Crippen LogP contribution in [0.5, 0.6) is 0 Å². The number of aromatic nitrogens is 2. The van der Waals surface area contributed by atoms with Gasteiger partial charge in [-0.25, -0.2) is 0 Å². The second-order valence-corrected chi connectivity index (χ2v) is 8.20. The predicted molar refractivity (Wildman–Crippen MR) is 100 cm³/mol. The Morgan fingerprint density at radius 2 is 2.00 bits per heavy atom. The van der Waals surface area contributed by atoms with Crippen molar-refractivity contribution in [1.29, 1.82) is 0 Å². The lowest BCUT2D eigenvalue weighted by molar-refractivity contribution is -0.396. The van der Waals surface area contributed by atoms with Crippen LogP contribution in [-0.4, -0.2) is 26.6 Å². The summed E-state index contributed by atoms with van der Waals surface area (Å²) in [7, 11) is 0. The zero-order valence-corrected chi connectivity index (χ0v) is 15.5. The van der Waals surface area contributed by atoms with Gasteiger partial charge in [-0.1, -0.05) is 17.4 Å². The number of rotatable bonds is 8. The summed E-state index contributed by atoms with van der Waals surface area (Å²) in [5, 5.41) is 35.8. The maximum atomic E-state index is 11.2. The van der Waals surface area contributed by atoms with Gasteiger partial charge >= 0.3 is 0 Å². The molecule has 0 amide bonds. The zero-order chi connectivity index (χ0) is 18.5. The smallest absolute Gasteiger partial charge is 0.290 e. The molecular formula is C14H11N5O4S3. The van der Waals surface area contributed by atoms with Crippen molar-refractivity contribution in [2.75, 3.05) is 11.9 Å². The zero-order valence-electron chi connectivity index (χ0n) is 13.0. The molecule has 0 aliphatic carbocycles. The average Bonchev–Trinajstić information content (AvgIpc) is 3.27. The van der Waals surface area contributed by atoms with Crippen molar-refractivity contribution in [2.24, 2.45) is 0 Å². The molecule has 9 nitrogen and oxygen atoms in total. The monoisotopic (exact) mass is 409 g/mol. The van der Waals surface area contributed by atoms with Gasteiger partial charge in [-0.15, -0.1) is 21.5 Å². The molecule has 1 aromatic carbocycles. The largest absolute Gasteiger partial charge is 0.360 e. The molecule has 134 valence electrons. The first-order valence-corrected chi connectivity index (χ1v) is 9.74. The molecule has 3 rings (SSSR count). The van der Waals surface area contributed by atoms with Gasteiger partial charge in [-0.3, -0.25) is 20.2 Å². The van der Waals surface area contributed by atoms with Gasteiger partial charge in [0.15, 0.2) is 4.34 Å². The number of nitro benzene ring substituents is 2. The quantitative estimate of drug-likeness (QED) is 0.433. The fourth-order valence-electron chi connectivity index (χ4n) is 2.01. The van der Waals surface area contributed by atoms with Crippen molar-refractivity contribution in [3.8, 4) is 0 Å². The molecule has 1 N–H and O–H groups in total. The molecule has 0 atom stereocenters. The van der Waals surface area contributed by atoms with E-state index in [1.807, 2.05) is 11.4 Å². The van der Waals surface area contributed by atoms with E-state index >= 15 is 0 Å². The van der Waals surface area contributed by atoms with Crippen LogP contribution in [0, 0.1) is 20.2 Å². The van der Waals surface area contributed by atoms with Crippen molar-refractivity contribution in [3.63, 3.8) is 0 Å². The number of hydrogen-bond acceptors (Lipinski definition) is 10. The standard InChI is InChI=1S/C14H11N5O4S3/c20-18(21)9-3-4-12(11(8-9)19(22)23)25-14-17-16-13(26-14)15-6-5-10-2-1-7-24-10/h1-4,7-8H,5-6H2,(H,15,16). The van der Waals surface area contributed by atoms with Gasteiger partial charge in [0.05, 0.1) is 20.8 Å². The van der Waals surface area contributed by atoms with Crippen LogP contribution in [0.1, 0.15) is 4.88 Å². The Morgan fingerprint density at radius 1 is 1.15 bits per heavy atom. The van der Waals surface area contributed by atoms with E-state index in [0.29, 0.717) is 16.0 Å². The predicted octanol–water partition coefficient (Wildman–Crippen LogP) is 4.22. The maximum Gasteiger partial charge on any atom is 0.290 e. The minimum Gasteiger partial charge on any atom is -0.360 e. The minimum absolute atomic E-state index is 0.280. The van der Waals surface area contributed by atoms with E-state index in [0.717, 1.165) is 24.2 Å². The molecule has 0 aliphatic heterocycles. The summed E-state index contributed by atoms with van der Waals surface area (Å²) >= 11 is 4.01. The first-order chi connectivity index (χ1) is 12.5. The molecule has 0 spiro atoms. The molecular weight excluding hydrogens is 398 g/mol. The van der Waals surface area contributed by atoms with E-state index < -0.39 is 9.85 Å². The van der Waals surface area contributed by atoms with Crippen molar-refractivity contribution in [3.05, 3.63) is 60.8 Å². The van der Waals surface area contributed by atoms with Crippen molar-refractivity contribution in [1.82, 2.24) is 10.2 Å². The Hall–Kier alpha value is -2.57. The van der Waals surface area contributed by atoms with Crippen LogP contribution >= 0.6 is 34.4 Å². The Kier molecular flexibility index (Phi) is 5.75. The molecule has 0 radical (unpaired) electrons. The van der Waals surface area contributed by atoms with Crippen LogP contribution in [0.3, 0.4) is 0 Å². The van der Waals surface area contributed by atoms with E-state index in [-0.39, 0.29) is 16.3 Å². The fourth-order valence-corrected chi connectivity index (χ4v) is 4.54. The third-order valence-electron chi connectivity index (χ3n) is 3.18. The number of benzene rings is 1. The highest BCUT2D eigenvalue weighted by Gasteiger charge is 2.21. The van der Waals surface area contributed by atoms with Gasteiger partial charge in [-0.05, 0) is 35.7 Å². The lowest BCUT2D eigenvalue weighted by Crippen LogP contribution is -2.03. The van der Waals surface area contributed by atoms with E-state index in [2.05, 4.69) is 21.6 Å². The van der Waals surface area contributed by atoms with Crippen LogP contribution < -0.4 is 5.32 Å². The Morgan fingerprint density at radius 3 is 2.69 bits per heavy atom. The number of nitrogens with zero attached hydrogens (tertiary/aromatic N) is 4. The summed E-state index contributed by atoms with van der Waals surface area (Å²) in [4.78, 5) is 22.2. The third kappa shape index (κ3) is 4.53. The van der Waals surface area contributed by atoms with Gasteiger partial charge in [0.2, 0.25) is 5.13 Å². The molecule has 0 fully saturated rings.